The summed E-state index contributed by atoms with van der Waals surface area (Å²) in [4.78, 5) is 17.0. The Balaban J connectivity index is 1.40. The van der Waals surface area contributed by atoms with Gasteiger partial charge in [-0.2, -0.15) is 0 Å². The first-order valence-electron chi connectivity index (χ1n) is 8.76. The van der Waals surface area contributed by atoms with Crippen LogP contribution in [0.25, 0.3) is 0 Å². The van der Waals surface area contributed by atoms with E-state index in [0.29, 0.717) is 17.4 Å². The highest BCUT2D eigenvalue weighted by atomic mass is 16.2. The van der Waals surface area contributed by atoms with Crippen molar-refractivity contribution in [3.8, 4) is 0 Å². The van der Waals surface area contributed by atoms with Crippen LogP contribution in [0.5, 0.6) is 0 Å². The Morgan fingerprint density at radius 3 is 2.82 bits per heavy atom. The Labute approximate surface area is 133 Å². The molecule has 3 fully saturated rings. The van der Waals surface area contributed by atoms with Crippen molar-refractivity contribution >= 4 is 6.03 Å². The summed E-state index contributed by atoms with van der Waals surface area (Å²) in [5.74, 6) is 0.517. The summed E-state index contributed by atoms with van der Waals surface area (Å²) in [5.41, 5.74) is 3.23. The van der Waals surface area contributed by atoms with E-state index in [-0.39, 0.29) is 0 Å². The van der Waals surface area contributed by atoms with E-state index in [9.17, 15) is 4.79 Å². The number of likely N-dealkylation sites (tertiary alicyclic amines) is 2. The lowest BCUT2D eigenvalue weighted by Gasteiger charge is -2.35. The molecule has 1 aromatic carbocycles. The second kappa shape index (κ2) is 5.29. The van der Waals surface area contributed by atoms with E-state index in [1.165, 1.54) is 36.8 Å². The fraction of sp³-hybridized carbons (Fsp3) is 0.632. The molecule has 2 heterocycles. The smallest absolute Gasteiger partial charge is 0.320 e. The Morgan fingerprint density at radius 2 is 2.05 bits per heavy atom. The molecule has 2 amide bonds. The Morgan fingerprint density at radius 1 is 1.18 bits per heavy atom. The number of carbonyl (C=O) groups is 1. The van der Waals surface area contributed by atoms with Gasteiger partial charge in [0.2, 0.25) is 0 Å². The number of aryl methyl sites for hydroxylation is 1. The summed E-state index contributed by atoms with van der Waals surface area (Å²) in [6, 6.07) is 9.06. The Kier molecular flexibility index (Phi) is 3.39. The molecule has 4 rings (SSSR count). The maximum Gasteiger partial charge on any atom is 0.320 e. The van der Waals surface area contributed by atoms with Crippen LogP contribution in [0.1, 0.15) is 49.1 Å². The fourth-order valence-corrected chi connectivity index (χ4v) is 4.29. The summed E-state index contributed by atoms with van der Waals surface area (Å²) in [6.07, 6.45) is 6.31. The summed E-state index contributed by atoms with van der Waals surface area (Å²) in [6.45, 7) is 5.93. The molecule has 0 bridgehead atoms. The summed E-state index contributed by atoms with van der Waals surface area (Å²) in [5, 5.41) is 0. The molecule has 0 radical (unpaired) electrons. The minimum absolute atomic E-state index is 0.293. The number of hydrogen-bond donors (Lipinski definition) is 0. The molecule has 3 heteroatoms. The van der Waals surface area contributed by atoms with E-state index < -0.39 is 0 Å². The third-order valence-electron chi connectivity index (χ3n) is 5.86. The molecule has 3 nitrogen and oxygen atoms in total. The quantitative estimate of drug-likeness (QED) is 0.774. The third kappa shape index (κ3) is 2.62. The number of rotatable bonds is 1. The standard InChI is InChI=1S/C19H26N2O/c1-15-4-2-5-16(12-15)17-6-11-20(13-17)18(22)21-10-3-7-19(14-21)8-9-19/h2,4-5,12,17H,3,6-11,13-14H2,1H3. The van der Waals surface area contributed by atoms with Gasteiger partial charge in [0.15, 0.2) is 0 Å². The number of benzene rings is 1. The number of urea groups is 1. The fourth-order valence-electron chi connectivity index (χ4n) is 4.29. The predicted molar refractivity (Wildman–Crippen MR) is 88.0 cm³/mol. The first-order valence-corrected chi connectivity index (χ1v) is 8.76. The second-order valence-corrected chi connectivity index (χ2v) is 7.65. The lowest BCUT2D eigenvalue weighted by atomic mass is 9.95. The van der Waals surface area contributed by atoms with E-state index in [0.717, 1.165) is 32.6 Å². The SMILES string of the molecule is Cc1cccc(C2CCN(C(=O)N3CCCC4(CC4)C3)C2)c1. The van der Waals surface area contributed by atoms with Crippen molar-refractivity contribution in [2.24, 2.45) is 5.41 Å². The van der Waals surface area contributed by atoms with Gasteiger partial charge in [0.1, 0.15) is 0 Å². The van der Waals surface area contributed by atoms with Crippen molar-refractivity contribution in [1.82, 2.24) is 9.80 Å². The van der Waals surface area contributed by atoms with Crippen molar-refractivity contribution in [2.75, 3.05) is 26.2 Å². The molecule has 2 aliphatic heterocycles. The monoisotopic (exact) mass is 298 g/mol. The number of amides is 2. The van der Waals surface area contributed by atoms with Gasteiger partial charge in [-0.25, -0.2) is 4.79 Å². The highest BCUT2D eigenvalue weighted by Crippen LogP contribution is 2.52. The molecule has 22 heavy (non-hydrogen) atoms. The highest BCUT2D eigenvalue weighted by Gasteiger charge is 2.47. The first kappa shape index (κ1) is 14.1. The van der Waals surface area contributed by atoms with Crippen molar-refractivity contribution in [1.29, 1.82) is 0 Å². The molecule has 1 unspecified atom stereocenters. The van der Waals surface area contributed by atoms with Crippen molar-refractivity contribution in [2.45, 2.75) is 44.9 Å². The van der Waals surface area contributed by atoms with Crippen molar-refractivity contribution < 1.29 is 4.79 Å². The molecule has 1 aromatic rings. The molecular weight excluding hydrogens is 272 g/mol. The zero-order chi connectivity index (χ0) is 15.2. The van der Waals surface area contributed by atoms with E-state index >= 15 is 0 Å². The van der Waals surface area contributed by atoms with Crippen LogP contribution in [-0.4, -0.2) is 42.0 Å². The predicted octanol–water partition coefficient (Wildman–Crippen LogP) is 3.78. The van der Waals surface area contributed by atoms with Crippen LogP contribution in [-0.2, 0) is 0 Å². The van der Waals surface area contributed by atoms with Gasteiger partial charge in [-0.1, -0.05) is 29.8 Å². The zero-order valence-electron chi connectivity index (χ0n) is 13.6. The van der Waals surface area contributed by atoms with Crippen LogP contribution >= 0.6 is 0 Å². The largest absolute Gasteiger partial charge is 0.324 e. The molecule has 2 saturated heterocycles. The van der Waals surface area contributed by atoms with Crippen LogP contribution < -0.4 is 0 Å². The minimum atomic E-state index is 0.293. The molecule has 0 aromatic heterocycles. The van der Waals surface area contributed by atoms with Gasteiger partial charge in [0.05, 0.1) is 0 Å². The third-order valence-corrected chi connectivity index (χ3v) is 5.86. The van der Waals surface area contributed by atoms with E-state index in [4.69, 9.17) is 0 Å². The highest BCUT2D eigenvalue weighted by molar-refractivity contribution is 5.75. The van der Waals surface area contributed by atoms with E-state index in [2.05, 4.69) is 41.0 Å². The first-order chi connectivity index (χ1) is 10.7. The number of nitrogens with zero attached hydrogens (tertiary/aromatic N) is 2. The zero-order valence-corrected chi connectivity index (χ0v) is 13.6. The average Bonchev–Trinajstić information content (AvgIpc) is 3.09. The maximum atomic E-state index is 12.8. The lowest BCUT2D eigenvalue weighted by Crippen LogP contribution is -2.47. The van der Waals surface area contributed by atoms with Gasteiger partial charge in [0.25, 0.3) is 0 Å². The van der Waals surface area contributed by atoms with Crippen molar-refractivity contribution in [3.05, 3.63) is 35.4 Å². The van der Waals surface area contributed by atoms with E-state index in [1.54, 1.807) is 0 Å². The average molecular weight is 298 g/mol. The van der Waals surface area contributed by atoms with Gasteiger partial charge < -0.3 is 9.80 Å². The molecule has 118 valence electrons. The van der Waals surface area contributed by atoms with Crippen LogP contribution in [0.3, 0.4) is 0 Å². The number of carbonyl (C=O) groups excluding carboxylic acids is 1. The van der Waals surface area contributed by atoms with Gasteiger partial charge in [-0.05, 0) is 50.0 Å². The molecular formula is C19H26N2O. The molecule has 1 aliphatic carbocycles. The molecule has 1 saturated carbocycles. The van der Waals surface area contributed by atoms with Gasteiger partial charge in [0, 0.05) is 32.1 Å². The second-order valence-electron chi connectivity index (χ2n) is 7.65. The Hall–Kier alpha value is -1.51. The maximum absolute atomic E-state index is 12.8. The van der Waals surface area contributed by atoms with Crippen LogP contribution in [0.15, 0.2) is 24.3 Å². The van der Waals surface area contributed by atoms with Gasteiger partial charge in [-0.3, -0.25) is 0 Å². The number of hydrogen-bond acceptors (Lipinski definition) is 1. The molecule has 3 aliphatic rings. The topological polar surface area (TPSA) is 23.6 Å². The normalized spacial score (nSPS) is 26.5. The summed E-state index contributed by atoms with van der Waals surface area (Å²) >= 11 is 0. The Bertz CT molecular complexity index is 579. The molecule has 0 N–H and O–H groups in total. The van der Waals surface area contributed by atoms with Crippen LogP contribution in [0.4, 0.5) is 4.79 Å². The molecule has 1 spiro atoms. The van der Waals surface area contributed by atoms with Crippen LogP contribution in [0, 0.1) is 12.3 Å². The van der Waals surface area contributed by atoms with Gasteiger partial charge in [-0.15, -0.1) is 0 Å². The van der Waals surface area contributed by atoms with E-state index in [1.807, 2.05) is 0 Å². The number of piperidine rings is 1. The van der Waals surface area contributed by atoms with Gasteiger partial charge >= 0.3 is 6.03 Å². The lowest BCUT2D eigenvalue weighted by molar-refractivity contribution is 0.130. The van der Waals surface area contributed by atoms with Crippen LogP contribution in [0.2, 0.25) is 0 Å². The molecule has 1 atom stereocenters. The summed E-state index contributed by atoms with van der Waals surface area (Å²) < 4.78 is 0. The minimum Gasteiger partial charge on any atom is -0.324 e. The van der Waals surface area contributed by atoms with Crippen molar-refractivity contribution in [3.63, 3.8) is 0 Å². The summed E-state index contributed by atoms with van der Waals surface area (Å²) in [7, 11) is 0.